The van der Waals surface area contributed by atoms with E-state index in [1.165, 1.54) is 4.68 Å². The summed E-state index contributed by atoms with van der Waals surface area (Å²) in [6.45, 7) is 4.22. The molecule has 0 radical (unpaired) electrons. The molecule has 0 spiro atoms. The lowest BCUT2D eigenvalue weighted by atomic mass is 10.1. The van der Waals surface area contributed by atoms with E-state index in [9.17, 15) is 10.1 Å². The first-order valence-electron chi connectivity index (χ1n) is 11.6. The van der Waals surface area contributed by atoms with Crippen molar-refractivity contribution in [2.45, 2.75) is 32.8 Å². The number of nitrogens with zero attached hydrogens (tertiary/aromatic N) is 4. The van der Waals surface area contributed by atoms with E-state index in [1.54, 1.807) is 31.5 Å². The van der Waals surface area contributed by atoms with Crippen LogP contribution >= 0.6 is 31.9 Å². The zero-order chi connectivity index (χ0) is 26.5. The van der Waals surface area contributed by atoms with Gasteiger partial charge in [0.25, 0.3) is 5.56 Å². The Balaban J connectivity index is 1.82. The number of benzene rings is 3. The van der Waals surface area contributed by atoms with Gasteiger partial charge >= 0.3 is 0 Å². The second kappa shape index (κ2) is 11.7. The molecule has 0 N–H and O–H groups in total. The topological polar surface area (TPSA) is 89.5 Å². The van der Waals surface area contributed by atoms with Gasteiger partial charge in [-0.05, 0) is 42.8 Å². The summed E-state index contributed by atoms with van der Waals surface area (Å²) in [5, 5.41) is 14.5. The number of hydrogen-bond donors (Lipinski definition) is 0. The molecule has 188 valence electrons. The molecular weight excluding hydrogens is 600 g/mol. The molecule has 1 heterocycles. The van der Waals surface area contributed by atoms with E-state index >= 15 is 0 Å². The van der Waals surface area contributed by atoms with E-state index in [4.69, 9.17) is 14.5 Å². The second-order valence-corrected chi connectivity index (χ2v) is 10.2. The molecule has 37 heavy (non-hydrogen) atoms. The van der Waals surface area contributed by atoms with Crippen LogP contribution in [0.15, 0.2) is 73.4 Å². The predicted molar refractivity (Wildman–Crippen MR) is 152 cm³/mol. The van der Waals surface area contributed by atoms with E-state index in [1.807, 2.05) is 50.2 Å². The lowest BCUT2D eigenvalue weighted by Gasteiger charge is -2.16. The van der Waals surface area contributed by atoms with Crippen molar-refractivity contribution in [3.05, 3.63) is 96.4 Å². The molecule has 0 aliphatic rings. The number of nitriles is 1. The number of fused-ring (bicyclic) bond motifs is 1. The van der Waals surface area contributed by atoms with Gasteiger partial charge in [0.1, 0.15) is 12.4 Å². The summed E-state index contributed by atoms with van der Waals surface area (Å²) in [6, 6.07) is 18.5. The van der Waals surface area contributed by atoms with Gasteiger partial charge < -0.3 is 9.47 Å². The highest BCUT2D eigenvalue weighted by atomic mass is 79.9. The summed E-state index contributed by atoms with van der Waals surface area (Å²) in [5.41, 5.74) is 2.24. The van der Waals surface area contributed by atoms with Gasteiger partial charge in [-0.15, -0.1) is 0 Å². The molecule has 0 saturated carbocycles. The number of halogens is 2. The van der Waals surface area contributed by atoms with Gasteiger partial charge in [0, 0.05) is 26.0 Å². The third-order valence-electron chi connectivity index (χ3n) is 5.98. The van der Waals surface area contributed by atoms with Crippen molar-refractivity contribution in [3.63, 3.8) is 0 Å². The van der Waals surface area contributed by atoms with Crippen LogP contribution in [0.5, 0.6) is 11.5 Å². The molecular formula is C28H24Br2N4O3. The minimum atomic E-state index is -0.259. The smallest absolute Gasteiger partial charge is 0.282 e. The fraction of sp³-hybridized carbons (Fsp3) is 0.214. The Hall–Kier alpha value is -3.48. The molecule has 0 aliphatic heterocycles. The van der Waals surface area contributed by atoms with Gasteiger partial charge in [-0.2, -0.15) is 15.0 Å². The molecule has 0 fully saturated rings. The average molecular weight is 624 g/mol. The van der Waals surface area contributed by atoms with Gasteiger partial charge in [0.15, 0.2) is 11.5 Å². The second-order valence-electron chi connectivity index (χ2n) is 8.39. The van der Waals surface area contributed by atoms with Crippen LogP contribution in [0.25, 0.3) is 10.9 Å². The van der Waals surface area contributed by atoms with Crippen LogP contribution in [0.4, 0.5) is 0 Å². The van der Waals surface area contributed by atoms with Crippen LogP contribution in [-0.2, 0) is 6.61 Å². The Labute approximate surface area is 231 Å². The van der Waals surface area contributed by atoms with Crippen LogP contribution in [-0.4, -0.2) is 23.0 Å². The standard InChI is InChI=1S/C28H24Br2N4O3/c1-4-17(2)27-33-24-10-9-21(29)12-23(24)28(35)34(27)32-15-20-11-22(30)13-25(36-3)26(20)37-16-19-8-6-5-7-18(19)14-31/h5-13,15,17H,4,16H2,1-3H3/t17-/m1/s1. The Bertz CT molecular complexity index is 1590. The molecule has 0 aliphatic carbocycles. The maximum Gasteiger partial charge on any atom is 0.282 e. The van der Waals surface area contributed by atoms with Crippen molar-refractivity contribution in [2.75, 3.05) is 7.11 Å². The highest BCUT2D eigenvalue weighted by Crippen LogP contribution is 2.35. The van der Waals surface area contributed by atoms with E-state index < -0.39 is 0 Å². The largest absolute Gasteiger partial charge is 0.493 e. The highest BCUT2D eigenvalue weighted by molar-refractivity contribution is 9.10. The summed E-state index contributed by atoms with van der Waals surface area (Å²) in [5.74, 6) is 1.51. The number of ether oxygens (including phenoxy) is 2. The highest BCUT2D eigenvalue weighted by Gasteiger charge is 2.17. The molecule has 0 bridgehead atoms. The minimum Gasteiger partial charge on any atom is -0.493 e. The van der Waals surface area contributed by atoms with E-state index in [-0.39, 0.29) is 18.1 Å². The first-order valence-corrected chi connectivity index (χ1v) is 13.2. The molecule has 0 amide bonds. The number of methoxy groups -OCH3 is 1. The third-order valence-corrected chi connectivity index (χ3v) is 6.93. The van der Waals surface area contributed by atoms with E-state index in [0.29, 0.717) is 39.4 Å². The summed E-state index contributed by atoms with van der Waals surface area (Å²) < 4.78 is 14.6. The summed E-state index contributed by atoms with van der Waals surface area (Å²) in [6.07, 6.45) is 2.36. The van der Waals surface area contributed by atoms with Crippen molar-refractivity contribution in [1.82, 2.24) is 9.66 Å². The molecule has 4 aromatic rings. The fourth-order valence-electron chi connectivity index (χ4n) is 3.79. The van der Waals surface area contributed by atoms with Crippen LogP contribution in [0.3, 0.4) is 0 Å². The molecule has 1 aromatic heterocycles. The van der Waals surface area contributed by atoms with Crippen molar-refractivity contribution >= 4 is 49.0 Å². The Morgan fingerprint density at radius 1 is 1.16 bits per heavy atom. The predicted octanol–water partition coefficient (Wildman–Crippen LogP) is 6.78. The third kappa shape index (κ3) is 5.76. The SMILES string of the molecule is CC[C@@H](C)c1nc2ccc(Br)cc2c(=O)n1N=Cc1cc(Br)cc(OC)c1OCc1ccccc1C#N. The fourth-order valence-corrected chi connectivity index (χ4v) is 4.61. The molecule has 0 saturated heterocycles. The summed E-state index contributed by atoms with van der Waals surface area (Å²) in [7, 11) is 1.55. The van der Waals surface area contributed by atoms with Crippen molar-refractivity contribution in [1.29, 1.82) is 5.26 Å². The minimum absolute atomic E-state index is 0.00754. The summed E-state index contributed by atoms with van der Waals surface area (Å²) >= 11 is 6.95. The summed E-state index contributed by atoms with van der Waals surface area (Å²) in [4.78, 5) is 18.3. The molecule has 7 nitrogen and oxygen atoms in total. The number of rotatable bonds is 8. The van der Waals surface area contributed by atoms with Gasteiger partial charge in [-0.3, -0.25) is 4.79 Å². The molecule has 0 unspecified atom stereocenters. The lowest BCUT2D eigenvalue weighted by Crippen LogP contribution is -2.23. The van der Waals surface area contributed by atoms with Crippen molar-refractivity contribution in [2.24, 2.45) is 5.10 Å². The molecule has 9 heteroatoms. The first-order chi connectivity index (χ1) is 17.9. The number of hydrogen-bond acceptors (Lipinski definition) is 6. The zero-order valence-corrected chi connectivity index (χ0v) is 23.7. The van der Waals surface area contributed by atoms with Gasteiger partial charge in [-0.25, -0.2) is 4.98 Å². The van der Waals surface area contributed by atoms with Gasteiger partial charge in [-0.1, -0.05) is 63.9 Å². The van der Waals surface area contributed by atoms with Gasteiger partial charge in [0.2, 0.25) is 0 Å². The maximum absolute atomic E-state index is 13.5. The van der Waals surface area contributed by atoms with E-state index in [0.717, 1.165) is 20.9 Å². The zero-order valence-electron chi connectivity index (χ0n) is 20.5. The van der Waals surface area contributed by atoms with Crippen LogP contribution < -0.4 is 15.0 Å². The first kappa shape index (κ1) is 26.6. The Morgan fingerprint density at radius 2 is 1.95 bits per heavy atom. The molecule has 1 atom stereocenters. The number of aromatic nitrogens is 2. The monoisotopic (exact) mass is 622 g/mol. The Kier molecular flexibility index (Phi) is 8.41. The van der Waals surface area contributed by atoms with E-state index in [2.05, 4.69) is 43.0 Å². The van der Waals surface area contributed by atoms with Crippen LogP contribution in [0.2, 0.25) is 0 Å². The van der Waals surface area contributed by atoms with Crippen LogP contribution in [0.1, 0.15) is 48.7 Å². The van der Waals surface area contributed by atoms with Crippen molar-refractivity contribution < 1.29 is 9.47 Å². The lowest BCUT2D eigenvalue weighted by molar-refractivity contribution is 0.283. The molecule has 3 aromatic carbocycles. The van der Waals surface area contributed by atoms with Gasteiger partial charge in [0.05, 0.1) is 35.9 Å². The van der Waals surface area contributed by atoms with Crippen molar-refractivity contribution in [3.8, 4) is 17.6 Å². The Morgan fingerprint density at radius 3 is 2.68 bits per heavy atom. The normalized spacial score (nSPS) is 12.0. The average Bonchev–Trinajstić information content (AvgIpc) is 2.91. The molecule has 4 rings (SSSR count). The van der Waals surface area contributed by atoms with Crippen LogP contribution in [0, 0.1) is 11.3 Å². The quantitative estimate of drug-likeness (QED) is 0.202. The maximum atomic E-state index is 13.5.